The summed E-state index contributed by atoms with van der Waals surface area (Å²) in [5.74, 6) is 0.179. The maximum atomic E-state index is 13.0. The molecule has 4 nitrogen and oxygen atoms in total. The monoisotopic (exact) mass is 299 g/mol. The minimum absolute atomic E-state index is 0.0817. The number of aliphatic hydroxyl groups excluding tert-OH is 1. The van der Waals surface area contributed by atoms with Crippen LogP contribution in [-0.2, 0) is 6.42 Å². The highest BCUT2D eigenvalue weighted by Crippen LogP contribution is 2.41. The van der Waals surface area contributed by atoms with Crippen molar-refractivity contribution in [1.29, 1.82) is 0 Å². The highest BCUT2D eigenvalue weighted by Gasteiger charge is 2.43. The van der Waals surface area contributed by atoms with Gasteiger partial charge >= 0.3 is 6.29 Å². The average Bonchev–Trinajstić information content (AvgIpc) is 2.70. The van der Waals surface area contributed by atoms with Crippen LogP contribution in [0.25, 0.3) is 0 Å². The number of piperidine rings is 1. The summed E-state index contributed by atoms with van der Waals surface area (Å²) in [6, 6.07) is 5.26. The smallest absolute Gasteiger partial charge is 0.395 e. The summed E-state index contributed by atoms with van der Waals surface area (Å²) in [5, 5.41) is 9.61. The van der Waals surface area contributed by atoms with Crippen molar-refractivity contribution < 1.29 is 23.4 Å². The number of ether oxygens (including phenoxy) is 2. The molecule has 1 aromatic carbocycles. The fourth-order valence-corrected chi connectivity index (χ4v) is 2.95. The van der Waals surface area contributed by atoms with Crippen molar-refractivity contribution in [3.05, 3.63) is 23.8 Å². The minimum atomic E-state index is -3.56. The third-order valence-electron chi connectivity index (χ3n) is 4.14. The fraction of sp³-hybridized carbons (Fsp3) is 0.600. The van der Waals surface area contributed by atoms with Crippen LogP contribution in [-0.4, -0.2) is 41.5 Å². The number of alkyl halides is 2. The maximum Gasteiger partial charge on any atom is 0.586 e. The van der Waals surface area contributed by atoms with E-state index < -0.39 is 6.29 Å². The van der Waals surface area contributed by atoms with Gasteiger partial charge in [0, 0.05) is 19.1 Å². The number of benzene rings is 1. The first-order valence-corrected chi connectivity index (χ1v) is 7.24. The molecule has 2 unspecified atom stereocenters. The Morgan fingerprint density at radius 1 is 1.33 bits per heavy atom. The number of aliphatic hydroxyl groups is 1. The van der Waals surface area contributed by atoms with Gasteiger partial charge in [-0.05, 0) is 43.9 Å². The van der Waals surface area contributed by atoms with E-state index in [1.807, 2.05) is 0 Å². The molecule has 0 aromatic heterocycles. The van der Waals surface area contributed by atoms with E-state index in [2.05, 4.69) is 21.3 Å². The van der Waals surface area contributed by atoms with Gasteiger partial charge in [-0.2, -0.15) is 0 Å². The molecule has 0 bridgehead atoms. The van der Waals surface area contributed by atoms with Crippen molar-refractivity contribution in [3.8, 4) is 11.5 Å². The molecule has 6 heteroatoms. The Kier molecular flexibility index (Phi) is 3.75. The first kappa shape index (κ1) is 14.5. The van der Waals surface area contributed by atoms with Gasteiger partial charge in [0.1, 0.15) is 0 Å². The molecule has 1 N–H and O–H groups in total. The lowest BCUT2D eigenvalue weighted by molar-refractivity contribution is -0.286. The second kappa shape index (κ2) is 5.42. The van der Waals surface area contributed by atoms with Gasteiger partial charge in [0.2, 0.25) is 0 Å². The number of hydrogen-bond acceptors (Lipinski definition) is 4. The summed E-state index contributed by atoms with van der Waals surface area (Å²) < 4.78 is 34.8. The number of likely N-dealkylation sites (tertiary alicyclic amines) is 1. The Morgan fingerprint density at radius 3 is 2.86 bits per heavy atom. The molecule has 21 heavy (non-hydrogen) atoms. The van der Waals surface area contributed by atoms with Crippen LogP contribution >= 0.6 is 0 Å². The average molecular weight is 299 g/mol. The van der Waals surface area contributed by atoms with Crippen molar-refractivity contribution in [2.75, 3.05) is 13.1 Å². The Morgan fingerprint density at radius 2 is 2.10 bits per heavy atom. The van der Waals surface area contributed by atoms with E-state index in [9.17, 15) is 13.9 Å². The van der Waals surface area contributed by atoms with E-state index in [1.54, 1.807) is 12.1 Å². The number of rotatable bonds is 3. The van der Waals surface area contributed by atoms with E-state index in [-0.39, 0.29) is 17.6 Å². The zero-order valence-electron chi connectivity index (χ0n) is 11.9. The Labute approximate surface area is 122 Å². The molecule has 2 heterocycles. The molecular weight excluding hydrogens is 280 g/mol. The molecule has 3 rings (SSSR count). The SMILES string of the molecule is CC1CC(O)CCN1CCc1ccc2c(c1)OC(F)(F)O2. The topological polar surface area (TPSA) is 41.9 Å². The summed E-state index contributed by atoms with van der Waals surface area (Å²) in [5.41, 5.74) is 0.938. The standard InChI is InChI=1S/C15H19F2NO3/c1-10-8-12(19)5-7-18(10)6-4-11-2-3-13-14(9-11)21-15(16,17)20-13/h2-3,9-10,12,19H,4-8H2,1H3. The van der Waals surface area contributed by atoms with Crippen LogP contribution in [0.5, 0.6) is 11.5 Å². The van der Waals surface area contributed by atoms with Crippen LogP contribution < -0.4 is 9.47 Å². The van der Waals surface area contributed by atoms with Gasteiger partial charge in [0.15, 0.2) is 11.5 Å². The lowest BCUT2D eigenvalue weighted by atomic mass is 10.00. The molecule has 0 radical (unpaired) electrons. The second-order valence-electron chi connectivity index (χ2n) is 5.76. The van der Waals surface area contributed by atoms with Crippen LogP contribution in [0.2, 0.25) is 0 Å². The first-order chi connectivity index (χ1) is 9.93. The van der Waals surface area contributed by atoms with Crippen molar-refractivity contribution in [3.63, 3.8) is 0 Å². The van der Waals surface area contributed by atoms with Crippen molar-refractivity contribution in [1.82, 2.24) is 4.90 Å². The second-order valence-corrected chi connectivity index (χ2v) is 5.76. The van der Waals surface area contributed by atoms with Gasteiger partial charge in [-0.3, -0.25) is 0 Å². The number of halogens is 2. The molecule has 0 aliphatic carbocycles. The summed E-state index contributed by atoms with van der Waals surface area (Å²) in [4.78, 5) is 2.31. The largest absolute Gasteiger partial charge is 0.586 e. The van der Waals surface area contributed by atoms with Crippen molar-refractivity contribution in [2.24, 2.45) is 0 Å². The van der Waals surface area contributed by atoms with Crippen LogP contribution in [0.15, 0.2) is 18.2 Å². The summed E-state index contributed by atoms with van der Waals surface area (Å²) in [6.45, 7) is 3.80. The zero-order valence-corrected chi connectivity index (χ0v) is 11.9. The molecule has 1 aromatic rings. The Bertz CT molecular complexity index is 524. The van der Waals surface area contributed by atoms with Gasteiger partial charge in [-0.25, -0.2) is 0 Å². The summed E-state index contributed by atoms with van der Waals surface area (Å²) in [6.07, 6.45) is -1.43. The van der Waals surface area contributed by atoms with Crippen LogP contribution in [0.3, 0.4) is 0 Å². The van der Waals surface area contributed by atoms with Crippen LogP contribution in [0, 0.1) is 0 Å². The third-order valence-corrected chi connectivity index (χ3v) is 4.14. The number of hydrogen-bond donors (Lipinski definition) is 1. The lowest BCUT2D eigenvalue weighted by Crippen LogP contribution is -2.43. The predicted octanol–water partition coefficient (Wildman–Crippen LogP) is 2.40. The van der Waals surface area contributed by atoms with Crippen molar-refractivity contribution >= 4 is 0 Å². The van der Waals surface area contributed by atoms with E-state index in [4.69, 9.17) is 0 Å². The molecular formula is C15H19F2NO3. The molecule has 0 amide bonds. The van der Waals surface area contributed by atoms with Gasteiger partial charge in [-0.15, -0.1) is 8.78 Å². The van der Waals surface area contributed by atoms with Crippen LogP contribution in [0.4, 0.5) is 8.78 Å². The summed E-state index contributed by atoms with van der Waals surface area (Å²) >= 11 is 0. The number of fused-ring (bicyclic) bond motifs is 1. The van der Waals surface area contributed by atoms with Gasteiger partial charge < -0.3 is 19.5 Å². The van der Waals surface area contributed by atoms with E-state index in [0.717, 1.165) is 37.9 Å². The Balaban J connectivity index is 1.60. The normalized spacial score (nSPS) is 27.8. The highest BCUT2D eigenvalue weighted by atomic mass is 19.3. The van der Waals surface area contributed by atoms with Crippen molar-refractivity contribution in [2.45, 2.75) is 44.6 Å². The fourth-order valence-electron chi connectivity index (χ4n) is 2.95. The highest BCUT2D eigenvalue weighted by molar-refractivity contribution is 5.45. The lowest BCUT2D eigenvalue weighted by Gasteiger charge is -2.35. The third kappa shape index (κ3) is 3.27. The van der Waals surface area contributed by atoms with E-state index >= 15 is 0 Å². The van der Waals surface area contributed by atoms with E-state index in [0.29, 0.717) is 6.04 Å². The Hall–Kier alpha value is -1.40. The van der Waals surface area contributed by atoms with Gasteiger partial charge in [-0.1, -0.05) is 6.07 Å². The quantitative estimate of drug-likeness (QED) is 0.930. The minimum Gasteiger partial charge on any atom is -0.395 e. The molecule has 2 aliphatic rings. The molecule has 116 valence electrons. The molecule has 2 aliphatic heterocycles. The molecule has 0 saturated carbocycles. The molecule has 2 atom stereocenters. The summed E-state index contributed by atoms with van der Waals surface area (Å²) in [7, 11) is 0. The number of nitrogens with zero attached hydrogens (tertiary/aromatic N) is 1. The molecule has 1 saturated heterocycles. The maximum absolute atomic E-state index is 13.0. The molecule has 0 spiro atoms. The van der Waals surface area contributed by atoms with Gasteiger partial charge in [0.25, 0.3) is 0 Å². The van der Waals surface area contributed by atoms with Crippen LogP contribution in [0.1, 0.15) is 25.3 Å². The van der Waals surface area contributed by atoms with Gasteiger partial charge in [0.05, 0.1) is 6.10 Å². The first-order valence-electron chi connectivity index (χ1n) is 7.24. The zero-order chi connectivity index (χ0) is 15.0. The van der Waals surface area contributed by atoms with E-state index in [1.165, 1.54) is 6.07 Å². The molecule has 1 fully saturated rings. The predicted molar refractivity (Wildman–Crippen MR) is 72.6 cm³/mol.